The van der Waals surface area contributed by atoms with Crippen molar-refractivity contribution in [1.82, 2.24) is 9.88 Å². The molecule has 5 heteroatoms. The lowest BCUT2D eigenvalue weighted by Gasteiger charge is -2.25. The Labute approximate surface area is 130 Å². The highest BCUT2D eigenvalue weighted by Gasteiger charge is 2.22. The van der Waals surface area contributed by atoms with E-state index in [0.29, 0.717) is 13.1 Å². The highest BCUT2D eigenvalue weighted by atomic mass is 16.2. The maximum absolute atomic E-state index is 12.6. The van der Waals surface area contributed by atoms with Gasteiger partial charge in [-0.1, -0.05) is 36.4 Å². The van der Waals surface area contributed by atoms with Gasteiger partial charge in [0.1, 0.15) is 6.04 Å². The Bertz CT molecular complexity index is 637. The first-order valence-electron chi connectivity index (χ1n) is 7.07. The number of carbonyl (C=O) groups excluding carboxylic acids is 1. The van der Waals surface area contributed by atoms with Crippen LogP contribution in [0.4, 0.5) is 0 Å². The van der Waals surface area contributed by atoms with E-state index in [4.69, 9.17) is 11.0 Å². The number of carbonyl (C=O) groups is 1. The van der Waals surface area contributed by atoms with Gasteiger partial charge in [-0.15, -0.1) is 0 Å². The zero-order valence-electron chi connectivity index (χ0n) is 12.2. The third-order valence-electron chi connectivity index (χ3n) is 3.33. The summed E-state index contributed by atoms with van der Waals surface area (Å²) in [4.78, 5) is 18.3. The van der Waals surface area contributed by atoms with Crippen molar-refractivity contribution in [2.45, 2.75) is 19.0 Å². The minimum absolute atomic E-state index is 0.190. The van der Waals surface area contributed by atoms with Crippen molar-refractivity contribution in [3.8, 4) is 6.07 Å². The molecule has 112 valence electrons. The Morgan fingerprint density at radius 2 is 2.05 bits per heavy atom. The molecule has 0 saturated carbocycles. The van der Waals surface area contributed by atoms with Crippen LogP contribution >= 0.6 is 0 Å². The molecular formula is C17H18N4O. The lowest BCUT2D eigenvalue weighted by Crippen LogP contribution is -2.38. The standard InChI is InChI=1S/C17H18N4O/c18-9-5-11-21(13-14-6-4-10-20-12-14)17(22)16(19)15-7-2-1-3-8-15/h1-4,6-8,10,12,16H,5,11,13,19H2. The fourth-order valence-electron chi connectivity index (χ4n) is 2.16. The Hall–Kier alpha value is -2.71. The van der Waals surface area contributed by atoms with Crippen LogP contribution in [0.5, 0.6) is 0 Å². The van der Waals surface area contributed by atoms with Crippen LogP contribution in [-0.4, -0.2) is 22.3 Å². The van der Waals surface area contributed by atoms with Gasteiger partial charge in [0.15, 0.2) is 0 Å². The van der Waals surface area contributed by atoms with Crippen LogP contribution in [0.3, 0.4) is 0 Å². The van der Waals surface area contributed by atoms with Crippen LogP contribution in [0.25, 0.3) is 0 Å². The summed E-state index contributed by atoms with van der Waals surface area (Å²) >= 11 is 0. The van der Waals surface area contributed by atoms with Crippen LogP contribution in [0, 0.1) is 11.3 Å². The fraction of sp³-hybridized carbons (Fsp3) is 0.235. The van der Waals surface area contributed by atoms with Crippen LogP contribution in [0.15, 0.2) is 54.9 Å². The molecule has 1 amide bonds. The summed E-state index contributed by atoms with van der Waals surface area (Å²) in [7, 11) is 0. The Morgan fingerprint density at radius 3 is 2.68 bits per heavy atom. The molecule has 0 radical (unpaired) electrons. The molecular weight excluding hydrogens is 276 g/mol. The Morgan fingerprint density at radius 1 is 1.27 bits per heavy atom. The first-order valence-corrected chi connectivity index (χ1v) is 7.07. The van der Waals surface area contributed by atoms with Crippen LogP contribution in [0.1, 0.15) is 23.6 Å². The van der Waals surface area contributed by atoms with Crippen molar-refractivity contribution in [3.63, 3.8) is 0 Å². The summed E-state index contributed by atoms with van der Waals surface area (Å²) < 4.78 is 0. The van der Waals surface area contributed by atoms with Gasteiger partial charge < -0.3 is 10.6 Å². The lowest BCUT2D eigenvalue weighted by molar-refractivity contribution is -0.133. The van der Waals surface area contributed by atoms with E-state index in [9.17, 15) is 4.79 Å². The number of hydrogen-bond donors (Lipinski definition) is 1. The molecule has 0 spiro atoms. The van der Waals surface area contributed by atoms with Crippen LogP contribution < -0.4 is 5.73 Å². The van der Waals surface area contributed by atoms with Crippen molar-refractivity contribution < 1.29 is 4.79 Å². The van der Waals surface area contributed by atoms with E-state index in [1.54, 1.807) is 17.3 Å². The van der Waals surface area contributed by atoms with E-state index < -0.39 is 6.04 Å². The quantitative estimate of drug-likeness (QED) is 0.883. The maximum Gasteiger partial charge on any atom is 0.244 e. The molecule has 0 fully saturated rings. The summed E-state index contributed by atoms with van der Waals surface area (Å²) in [5, 5.41) is 8.79. The fourth-order valence-corrected chi connectivity index (χ4v) is 2.16. The van der Waals surface area contributed by atoms with Gasteiger partial charge in [-0.05, 0) is 17.2 Å². The summed E-state index contributed by atoms with van der Waals surface area (Å²) in [5.74, 6) is -0.190. The smallest absolute Gasteiger partial charge is 0.244 e. The second kappa shape index (κ2) is 7.91. The first kappa shape index (κ1) is 15.7. The van der Waals surface area contributed by atoms with E-state index >= 15 is 0 Å². The summed E-state index contributed by atoms with van der Waals surface area (Å²) in [5.41, 5.74) is 7.75. The molecule has 1 heterocycles. The topological polar surface area (TPSA) is 83.0 Å². The van der Waals surface area contributed by atoms with Gasteiger partial charge in [-0.2, -0.15) is 5.26 Å². The molecule has 2 N–H and O–H groups in total. The van der Waals surface area contributed by atoms with Crippen molar-refractivity contribution in [1.29, 1.82) is 5.26 Å². The molecule has 1 atom stereocenters. The minimum Gasteiger partial charge on any atom is -0.336 e. The number of rotatable bonds is 6. The number of amides is 1. The first-order chi connectivity index (χ1) is 10.7. The summed E-state index contributed by atoms with van der Waals surface area (Å²) in [6.07, 6.45) is 3.66. The third kappa shape index (κ3) is 4.14. The second-order valence-electron chi connectivity index (χ2n) is 4.92. The number of pyridine rings is 1. The lowest BCUT2D eigenvalue weighted by atomic mass is 10.1. The normalized spacial score (nSPS) is 11.5. The SMILES string of the molecule is N#CCCN(Cc1cccnc1)C(=O)C(N)c1ccccc1. The largest absolute Gasteiger partial charge is 0.336 e. The third-order valence-corrected chi connectivity index (χ3v) is 3.33. The molecule has 0 bridgehead atoms. The van der Waals surface area contributed by atoms with Gasteiger partial charge >= 0.3 is 0 Å². The Kier molecular flexibility index (Phi) is 5.64. The summed E-state index contributed by atoms with van der Waals surface area (Å²) in [6.45, 7) is 0.750. The van der Waals surface area contributed by atoms with Crippen LogP contribution in [0.2, 0.25) is 0 Å². The maximum atomic E-state index is 12.6. The monoisotopic (exact) mass is 294 g/mol. The number of hydrogen-bond acceptors (Lipinski definition) is 4. The average molecular weight is 294 g/mol. The highest BCUT2D eigenvalue weighted by molar-refractivity contribution is 5.83. The van der Waals surface area contributed by atoms with E-state index in [1.807, 2.05) is 42.5 Å². The molecule has 1 aromatic heterocycles. The van der Waals surface area contributed by atoms with Gasteiger partial charge in [-0.25, -0.2) is 0 Å². The van der Waals surface area contributed by atoms with Crippen molar-refractivity contribution in [3.05, 3.63) is 66.0 Å². The molecule has 22 heavy (non-hydrogen) atoms. The molecule has 0 aliphatic carbocycles. The predicted octanol–water partition coefficient (Wildman–Crippen LogP) is 2.02. The van der Waals surface area contributed by atoms with Gasteiger partial charge in [0.25, 0.3) is 0 Å². The molecule has 1 unspecified atom stereocenters. The van der Waals surface area contributed by atoms with E-state index in [1.165, 1.54) is 0 Å². The van der Waals surface area contributed by atoms with Crippen molar-refractivity contribution >= 4 is 5.91 Å². The predicted molar refractivity (Wildman–Crippen MR) is 83.3 cm³/mol. The zero-order valence-corrected chi connectivity index (χ0v) is 12.2. The number of aromatic nitrogens is 1. The average Bonchev–Trinajstić information content (AvgIpc) is 2.59. The molecule has 0 aliphatic rings. The van der Waals surface area contributed by atoms with E-state index in [-0.39, 0.29) is 12.3 Å². The molecule has 2 aromatic rings. The summed E-state index contributed by atoms with van der Waals surface area (Å²) in [6, 6.07) is 14.3. The second-order valence-corrected chi connectivity index (χ2v) is 4.92. The molecule has 5 nitrogen and oxygen atoms in total. The number of benzene rings is 1. The van der Waals surface area contributed by atoms with Gasteiger partial charge in [-0.3, -0.25) is 9.78 Å². The number of nitrogens with zero attached hydrogens (tertiary/aromatic N) is 3. The Balaban J connectivity index is 2.14. The van der Waals surface area contributed by atoms with Crippen LogP contribution in [-0.2, 0) is 11.3 Å². The molecule has 1 aromatic carbocycles. The van der Waals surface area contributed by atoms with Crippen molar-refractivity contribution in [2.75, 3.05) is 6.54 Å². The molecule has 0 saturated heterocycles. The highest BCUT2D eigenvalue weighted by Crippen LogP contribution is 2.15. The van der Waals surface area contributed by atoms with E-state index in [2.05, 4.69) is 11.1 Å². The number of nitriles is 1. The van der Waals surface area contributed by atoms with E-state index in [0.717, 1.165) is 11.1 Å². The van der Waals surface area contributed by atoms with Gasteiger partial charge in [0.2, 0.25) is 5.91 Å². The molecule has 0 aliphatic heterocycles. The van der Waals surface area contributed by atoms with Gasteiger partial charge in [0, 0.05) is 25.5 Å². The number of nitrogens with two attached hydrogens (primary N) is 1. The molecule has 2 rings (SSSR count). The van der Waals surface area contributed by atoms with Gasteiger partial charge in [0.05, 0.1) is 12.5 Å². The zero-order chi connectivity index (χ0) is 15.8. The minimum atomic E-state index is -0.725. The van der Waals surface area contributed by atoms with Crippen molar-refractivity contribution in [2.24, 2.45) is 5.73 Å².